The molecule has 6 nitrogen and oxygen atoms in total. The smallest absolute Gasteiger partial charge is 0.253 e. The molecule has 0 radical (unpaired) electrons. The summed E-state index contributed by atoms with van der Waals surface area (Å²) in [5.41, 5.74) is 0.810. The Balaban J connectivity index is 1.47. The quantitative estimate of drug-likeness (QED) is 0.804. The average molecular weight is 361 g/mol. The van der Waals surface area contributed by atoms with Crippen LogP contribution in [0.15, 0.2) is 17.2 Å². The Morgan fingerprint density at radius 1 is 1.12 bits per heavy atom. The van der Waals surface area contributed by atoms with Crippen LogP contribution < -0.4 is 5.56 Å². The lowest BCUT2D eigenvalue weighted by atomic mass is 9.92. The van der Waals surface area contributed by atoms with Gasteiger partial charge < -0.3 is 9.80 Å². The van der Waals surface area contributed by atoms with Crippen molar-refractivity contribution in [2.45, 2.75) is 58.4 Å². The molecule has 0 bridgehead atoms. The van der Waals surface area contributed by atoms with Crippen molar-refractivity contribution in [3.05, 3.63) is 28.4 Å². The molecule has 2 fully saturated rings. The molecule has 0 aliphatic carbocycles. The number of likely N-dealkylation sites (tertiary alicyclic amines) is 2. The number of carbonyl (C=O) groups excluding carboxylic acids is 1. The van der Waals surface area contributed by atoms with Crippen molar-refractivity contribution in [3.8, 4) is 0 Å². The van der Waals surface area contributed by atoms with Crippen LogP contribution in [0.1, 0.15) is 52.1 Å². The molecule has 1 amide bonds. The predicted molar refractivity (Wildman–Crippen MR) is 102 cm³/mol. The molecular weight excluding hydrogens is 328 g/mol. The third-order valence-electron chi connectivity index (χ3n) is 5.67. The van der Waals surface area contributed by atoms with Crippen molar-refractivity contribution in [1.29, 1.82) is 0 Å². The topological polar surface area (TPSA) is 58.4 Å². The fourth-order valence-corrected chi connectivity index (χ4v) is 3.85. The van der Waals surface area contributed by atoms with Gasteiger partial charge in [0.25, 0.3) is 5.56 Å². The molecule has 1 aromatic heterocycles. The van der Waals surface area contributed by atoms with E-state index in [0.29, 0.717) is 11.8 Å². The highest BCUT2D eigenvalue weighted by molar-refractivity contribution is 5.78. The van der Waals surface area contributed by atoms with Crippen molar-refractivity contribution in [3.63, 3.8) is 0 Å². The molecule has 1 aromatic rings. The number of hydrogen-bond donors (Lipinski definition) is 0. The van der Waals surface area contributed by atoms with Crippen LogP contribution >= 0.6 is 0 Å². The van der Waals surface area contributed by atoms with Gasteiger partial charge in [0, 0.05) is 44.1 Å². The van der Waals surface area contributed by atoms with Gasteiger partial charge in [-0.3, -0.25) is 14.2 Å². The first-order valence-electron chi connectivity index (χ1n) is 9.90. The fourth-order valence-electron chi connectivity index (χ4n) is 3.85. The Bertz CT molecular complexity index is 684. The van der Waals surface area contributed by atoms with Gasteiger partial charge in [-0.1, -0.05) is 20.8 Å². The molecule has 0 atom stereocenters. The third kappa shape index (κ3) is 4.72. The van der Waals surface area contributed by atoms with Crippen LogP contribution in [0.25, 0.3) is 0 Å². The van der Waals surface area contributed by atoms with Gasteiger partial charge in [-0.15, -0.1) is 0 Å². The Morgan fingerprint density at radius 2 is 1.85 bits per heavy atom. The van der Waals surface area contributed by atoms with Crippen molar-refractivity contribution >= 4 is 5.91 Å². The lowest BCUT2D eigenvalue weighted by molar-refractivity contribution is -0.127. The minimum Gasteiger partial charge on any atom is -0.341 e. The van der Waals surface area contributed by atoms with Crippen LogP contribution in [0.3, 0.4) is 0 Å². The number of aromatic nitrogens is 2. The zero-order chi connectivity index (χ0) is 18.7. The summed E-state index contributed by atoms with van der Waals surface area (Å²) in [5.74, 6) is 0.838. The number of hydrogen-bond acceptors (Lipinski definition) is 4. The van der Waals surface area contributed by atoms with E-state index in [9.17, 15) is 9.59 Å². The van der Waals surface area contributed by atoms with Crippen molar-refractivity contribution in [2.75, 3.05) is 32.7 Å². The lowest BCUT2D eigenvalue weighted by Crippen LogP contribution is -2.41. The zero-order valence-electron chi connectivity index (χ0n) is 16.4. The Kier molecular flexibility index (Phi) is 5.80. The first-order valence-corrected chi connectivity index (χ1v) is 9.90. The summed E-state index contributed by atoms with van der Waals surface area (Å²) in [6.45, 7) is 11.8. The summed E-state index contributed by atoms with van der Waals surface area (Å²) in [7, 11) is 0. The lowest BCUT2D eigenvalue weighted by Gasteiger charge is -2.33. The SMILES string of the molecule is CC(C)(C)c1cc(=O)n(CC2CCN(CCN3CCCC3=O)CC2)cn1. The molecule has 0 N–H and O–H groups in total. The Labute approximate surface area is 156 Å². The molecule has 26 heavy (non-hydrogen) atoms. The van der Waals surface area contributed by atoms with E-state index < -0.39 is 0 Å². The van der Waals surface area contributed by atoms with Crippen LogP contribution in [-0.2, 0) is 16.8 Å². The molecule has 0 aromatic carbocycles. The van der Waals surface area contributed by atoms with Gasteiger partial charge in [0.1, 0.15) is 0 Å². The first-order chi connectivity index (χ1) is 12.3. The summed E-state index contributed by atoms with van der Waals surface area (Å²) in [6, 6.07) is 1.68. The van der Waals surface area contributed by atoms with Gasteiger partial charge >= 0.3 is 0 Å². The molecule has 144 valence electrons. The number of carbonyl (C=O) groups is 1. The molecule has 3 rings (SSSR count). The maximum absolute atomic E-state index is 12.4. The van der Waals surface area contributed by atoms with E-state index in [1.807, 2.05) is 4.90 Å². The summed E-state index contributed by atoms with van der Waals surface area (Å²) in [6.07, 6.45) is 5.65. The van der Waals surface area contributed by atoms with E-state index in [0.717, 1.165) is 70.6 Å². The molecule has 2 aliphatic heterocycles. The second kappa shape index (κ2) is 7.91. The molecule has 0 spiro atoms. The molecule has 0 unspecified atom stereocenters. The molecule has 0 saturated carbocycles. The minimum atomic E-state index is -0.0969. The molecule has 6 heteroatoms. The molecular formula is C20H32N4O2. The van der Waals surface area contributed by atoms with E-state index in [-0.39, 0.29) is 11.0 Å². The maximum atomic E-state index is 12.4. The summed E-state index contributed by atoms with van der Waals surface area (Å²) < 4.78 is 1.76. The van der Waals surface area contributed by atoms with Gasteiger partial charge in [0.15, 0.2) is 0 Å². The van der Waals surface area contributed by atoms with Crippen LogP contribution in [0.4, 0.5) is 0 Å². The zero-order valence-corrected chi connectivity index (χ0v) is 16.4. The molecule has 2 saturated heterocycles. The predicted octanol–water partition coefficient (Wildman–Crippen LogP) is 1.88. The highest BCUT2D eigenvalue weighted by atomic mass is 16.2. The maximum Gasteiger partial charge on any atom is 0.253 e. The molecule has 3 heterocycles. The normalized spacial score (nSPS) is 20.1. The van der Waals surface area contributed by atoms with Crippen molar-refractivity contribution < 1.29 is 4.79 Å². The van der Waals surface area contributed by atoms with E-state index in [1.165, 1.54) is 0 Å². The second-order valence-corrected chi connectivity index (χ2v) is 8.78. The van der Waals surface area contributed by atoms with Gasteiger partial charge in [-0.2, -0.15) is 0 Å². The number of nitrogens with zero attached hydrogens (tertiary/aromatic N) is 4. The van der Waals surface area contributed by atoms with Gasteiger partial charge in [0.2, 0.25) is 5.91 Å². The van der Waals surface area contributed by atoms with Crippen molar-refractivity contribution in [2.24, 2.45) is 5.92 Å². The number of amides is 1. The average Bonchev–Trinajstić information content (AvgIpc) is 3.00. The van der Waals surface area contributed by atoms with Crippen LogP contribution in [0, 0.1) is 5.92 Å². The number of rotatable bonds is 5. The van der Waals surface area contributed by atoms with E-state index in [1.54, 1.807) is 17.0 Å². The van der Waals surface area contributed by atoms with Crippen LogP contribution in [0.2, 0.25) is 0 Å². The van der Waals surface area contributed by atoms with E-state index in [2.05, 4.69) is 30.7 Å². The fraction of sp³-hybridized carbons (Fsp3) is 0.750. The van der Waals surface area contributed by atoms with Gasteiger partial charge in [0.05, 0.1) is 12.0 Å². The second-order valence-electron chi connectivity index (χ2n) is 8.78. The highest BCUT2D eigenvalue weighted by Gasteiger charge is 2.24. The third-order valence-corrected chi connectivity index (χ3v) is 5.67. The van der Waals surface area contributed by atoms with Crippen LogP contribution in [0.5, 0.6) is 0 Å². The largest absolute Gasteiger partial charge is 0.341 e. The highest BCUT2D eigenvalue weighted by Crippen LogP contribution is 2.20. The van der Waals surface area contributed by atoms with Gasteiger partial charge in [-0.25, -0.2) is 4.98 Å². The first kappa shape index (κ1) is 19.1. The minimum absolute atomic E-state index is 0.0555. The Morgan fingerprint density at radius 3 is 2.42 bits per heavy atom. The van der Waals surface area contributed by atoms with Crippen LogP contribution in [-0.4, -0.2) is 58.0 Å². The van der Waals surface area contributed by atoms with Crippen molar-refractivity contribution in [1.82, 2.24) is 19.4 Å². The van der Waals surface area contributed by atoms with E-state index in [4.69, 9.17) is 0 Å². The Hall–Kier alpha value is -1.69. The number of piperidine rings is 1. The molecule has 2 aliphatic rings. The monoisotopic (exact) mass is 360 g/mol. The summed E-state index contributed by atoms with van der Waals surface area (Å²) in [5, 5.41) is 0. The summed E-state index contributed by atoms with van der Waals surface area (Å²) >= 11 is 0. The summed E-state index contributed by atoms with van der Waals surface area (Å²) in [4.78, 5) is 33.0. The standard InChI is InChI=1S/C20H32N4O2/c1-20(2,3)17-13-19(26)24(15-21-17)14-16-6-9-22(10-7-16)11-12-23-8-4-5-18(23)25/h13,15-16H,4-12,14H2,1-3H3. The van der Waals surface area contributed by atoms with E-state index >= 15 is 0 Å². The van der Waals surface area contributed by atoms with Gasteiger partial charge in [-0.05, 0) is 38.3 Å².